The molecule has 8 aromatic carbocycles. The number of rotatable bonds is 5. The Labute approximate surface area is 449 Å². The predicted molar refractivity (Wildman–Crippen MR) is 298 cm³/mol. The van der Waals surface area contributed by atoms with Gasteiger partial charge < -0.3 is 13.9 Å². The average Bonchev–Trinajstić information content (AvgIpc) is 3.96. The standard InChI is InChI=1S/C68H58N4O.Pt/c1-66(2,3)45-35-38-69-63(40-45)72-60-29-13-12-25-54(60)55-33-32-48(42-62(55)72)73-47-20-16-19-46(41-47)70-43-71-64-49(44-31-34-58-59(39-44)68(6,7)37-15-14-36-67(58,4)5)26-17-27-56(64)52-23-10-8-21-50(52)51-22-9-11-24-53(51)57-28-18-30-61(70)65(57)71;/h8-13,16-35,38-40H,14-15,36-37H2,1-7H3;/q-2;. The van der Waals surface area contributed by atoms with Crippen molar-refractivity contribution < 1.29 is 30.4 Å². The first-order valence-electron chi connectivity index (χ1n) is 25.9. The van der Waals surface area contributed by atoms with Gasteiger partial charge in [-0.3, -0.25) is 4.57 Å². The molecule has 13 rings (SSSR count). The molecule has 5 nitrogen and oxygen atoms in total. The fraction of sp³-hybridized carbons (Fsp3) is 0.206. The number of benzene rings is 8. The summed E-state index contributed by atoms with van der Waals surface area (Å²) >= 11 is 0. The summed E-state index contributed by atoms with van der Waals surface area (Å²) in [5.74, 6) is 2.02. The molecule has 0 atom stereocenters. The zero-order valence-electron chi connectivity index (χ0n) is 43.1. The van der Waals surface area contributed by atoms with Crippen molar-refractivity contribution in [3.05, 3.63) is 211 Å². The van der Waals surface area contributed by atoms with Gasteiger partial charge in [-0.15, -0.1) is 29.7 Å². The van der Waals surface area contributed by atoms with Crippen molar-refractivity contribution >= 4 is 32.8 Å². The van der Waals surface area contributed by atoms with Crippen LogP contribution in [0.5, 0.6) is 11.5 Å². The molecule has 0 N–H and O–H groups in total. The molecular weight excluding hydrogens is 1080 g/mol. The van der Waals surface area contributed by atoms with Gasteiger partial charge in [0.2, 0.25) is 0 Å². The Bertz CT molecular complexity index is 4010. The minimum absolute atomic E-state index is 0. The molecule has 2 aliphatic rings. The molecule has 74 heavy (non-hydrogen) atoms. The minimum atomic E-state index is -0.0364. The third kappa shape index (κ3) is 7.86. The SMILES string of the molecule is CC(C)(C)c1ccnc(-n2c3[c-]c(Oc4[c-]c(-n5[c-][n+]6c7c(cccc75)-c5ccccc5-c5ccccc5-c5cccc(-c7ccc8c(c7)C(C)(C)CCCCC8(C)C)c5-6)ccc4)ccc3c3ccccc32)c1.[Pt]. The van der Waals surface area contributed by atoms with E-state index >= 15 is 0 Å². The fourth-order valence-electron chi connectivity index (χ4n) is 12.0. The quantitative estimate of drug-likeness (QED) is 0.127. The topological polar surface area (TPSA) is 35.9 Å². The van der Waals surface area contributed by atoms with Crippen LogP contribution in [-0.2, 0) is 37.3 Å². The first-order chi connectivity index (χ1) is 35.3. The smallest absolute Gasteiger partial charge is 0.268 e. The monoisotopic (exact) mass is 1140 g/mol. The van der Waals surface area contributed by atoms with Gasteiger partial charge in [-0.2, -0.15) is 18.2 Å². The van der Waals surface area contributed by atoms with Gasteiger partial charge in [0.05, 0.1) is 16.7 Å². The summed E-state index contributed by atoms with van der Waals surface area (Å²) in [6.07, 6.45) is 10.7. The van der Waals surface area contributed by atoms with E-state index in [1.54, 1.807) is 0 Å². The number of hydrogen-bond donors (Lipinski definition) is 0. The molecule has 0 bridgehead atoms. The van der Waals surface area contributed by atoms with Crippen LogP contribution in [0.4, 0.5) is 0 Å². The number of nitrogens with zero attached hydrogens (tertiary/aromatic N) is 4. The van der Waals surface area contributed by atoms with Crippen molar-refractivity contribution in [2.45, 2.75) is 90.4 Å². The number of pyridine rings is 1. The molecule has 0 saturated carbocycles. The van der Waals surface area contributed by atoms with E-state index in [2.05, 4.69) is 232 Å². The van der Waals surface area contributed by atoms with Gasteiger partial charge >= 0.3 is 0 Å². The van der Waals surface area contributed by atoms with Crippen LogP contribution in [-0.4, -0.2) is 14.1 Å². The Morgan fingerprint density at radius 3 is 1.92 bits per heavy atom. The van der Waals surface area contributed by atoms with Crippen molar-refractivity contribution in [1.29, 1.82) is 0 Å². The van der Waals surface area contributed by atoms with Crippen LogP contribution in [0.3, 0.4) is 0 Å². The Kier molecular flexibility index (Phi) is 11.6. The Morgan fingerprint density at radius 1 is 0.554 bits per heavy atom. The molecule has 6 heteroatoms. The molecule has 11 aromatic rings. The molecule has 0 spiro atoms. The second kappa shape index (κ2) is 18.0. The molecule has 0 fully saturated rings. The summed E-state index contributed by atoms with van der Waals surface area (Å²) in [7, 11) is 0. The van der Waals surface area contributed by atoms with E-state index in [1.807, 2.05) is 24.4 Å². The molecule has 4 heterocycles. The summed E-state index contributed by atoms with van der Waals surface area (Å²) in [6.45, 7) is 16.5. The first-order valence-corrected chi connectivity index (χ1v) is 25.9. The van der Waals surface area contributed by atoms with Gasteiger partial charge in [-0.05, 0) is 120 Å². The number of para-hydroxylation sites is 3. The summed E-state index contributed by atoms with van der Waals surface area (Å²) < 4.78 is 13.5. The molecule has 0 saturated heterocycles. The Morgan fingerprint density at radius 2 is 1.16 bits per heavy atom. The summed E-state index contributed by atoms with van der Waals surface area (Å²) in [5.41, 5.74) is 19.6. The normalized spacial score (nSPS) is 14.6. The summed E-state index contributed by atoms with van der Waals surface area (Å²) in [4.78, 5) is 4.90. The molecule has 3 aromatic heterocycles. The molecule has 1 aliphatic heterocycles. The minimum Gasteiger partial charge on any atom is -0.510 e. The molecule has 0 unspecified atom stereocenters. The predicted octanol–water partition coefficient (Wildman–Crippen LogP) is 17.0. The summed E-state index contributed by atoms with van der Waals surface area (Å²) in [5, 5.41) is 2.23. The Hall–Kier alpha value is -7.33. The van der Waals surface area contributed by atoms with Crippen molar-refractivity contribution in [2.24, 2.45) is 0 Å². The first kappa shape index (κ1) is 47.7. The number of fused-ring (bicyclic) bond motifs is 11. The second-order valence-electron chi connectivity index (χ2n) is 22.6. The van der Waals surface area contributed by atoms with Crippen molar-refractivity contribution in [3.63, 3.8) is 0 Å². The van der Waals surface area contributed by atoms with Crippen LogP contribution in [0.2, 0.25) is 0 Å². The van der Waals surface area contributed by atoms with E-state index < -0.39 is 0 Å². The van der Waals surface area contributed by atoms with E-state index in [-0.39, 0.29) is 37.3 Å². The maximum absolute atomic E-state index is 6.78. The third-order valence-corrected chi connectivity index (χ3v) is 15.9. The van der Waals surface area contributed by atoms with Crippen LogP contribution in [0, 0.1) is 18.5 Å². The molecule has 368 valence electrons. The van der Waals surface area contributed by atoms with Crippen molar-refractivity contribution in [2.75, 3.05) is 0 Å². The van der Waals surface area contributed by atoms with E-state index in [0.29, 0.717) is 11.5 Å². The van der Waals surface area contributed by atoms with E-state index in [4.69, 9.17) is 9.72 Å². The molecule has 0 radical (unpaired) electrons. The largest absolute Gasteiger partial charge is 0.510 e. The van der Waals surface area contributed by atoms with E-state index in [9.17, 15) is 0 Å². The number of hydrogen-bond acceptors (Lipinski definition) is 2. The van der Waals surface area contributed by atoms with Crippen LogP contribution >= 0.6 is 0 Å². The van der Waals surface area contributed by atoms with Gasteiger partial charge in [0.25, 0.3) is 6.33 Å². The number of imidazole rings is 1. The second-order valence-corrected chi connectivity index (χ2v) is 22.6. The fourth-order valence-corrected chi connectivity index (χ4v) is 12.0. The molecular formula is C68H58N4OPt-2. The van der Waals surface area contributed by atoms with E-state index in [1.165, 1.54) is 63.8 Å². The summed E-state index contributed by atoms with van der Waals surface area (Å²) in [6, 6.07) is 69.0. The van der Waals surface area contributed by atoms with Crippen LogP contribution < -0.4 is 9.30 Å². The van der Waals surface area contributed by atoms with Crippen molar-refractivity contribution in [3.8, 4) is 73.2 Å². The number of ether oxygens (including phenoxy) is 1. The van der Waals surface area contributed by atoms with Gasteiger partial charge in [0, 0.05) is 44.3 Å². The Balaban J connectivity index is 0.00000556. The number of aromatic nitrogens is 4. The molecule has 1 aliphatic carbocycles. The van der Waals surface area contributed by atoms with Gasteiger partial charge in [0.15, 0.2) is 0 Å². The third-order valence-electron chi connectivity index (χ3n) is 15.9. The van der Waals surface area contributed by atoms with Crippen LogP contribution in [0.1, 0.15) is 90.8 Å². The van der Waals surface area contributed by atoms with Gasteiger partial charge in [0.1, 0.15) is 5.82 Å². The van der Waals surface area contributed by atoms with Gasteiger partial charge in [-0.1, -0.05) is 188 Å². The van der Waals surface area contributed by atoms with Crippen molar-refractivity contribution in [1.82, 2.24) is 14.1 Å². The zero-order valence-corrected chi connectivity index (χ0v) is 45.4. The maximum Gasteiger partial charge on any atom is 0.268 e. The van der Waals surface area contributed by atoms with Crippen LogP contribution in [0.15, 0.2) is 176 Å². The average molecular weight is 1140 g/mol. The van der Waals surface area contributed by atoms with E-state index in [0.717, 1.165) is 73.1 Å². The maximum atomic E-state index is 6.78. The zero-order chi connectivity index (χ0) is 49.8. The molecule has 0 amide bonds. The van der Waals surface area contributed by atoms with Gasteiger partial charge in [-0.25, -0.2) is 4.98 Å². The van der Waals surface area contributed by atoms with Crippen LogP contribution in [0.25, 0.3) is 94.5 Å².